The number of halogens is 1. The summed E-state index contributed by atoms with van der Waals surface area (Å²) in [5.41, 5.74) is 1.90. The zero-order valence-corrected chi connectivity index (χ0v) is 14.4. The van der Waals surface area contributed by atoms with Crippen LogP contribution in [0.5, 0.6) is 5.75 Å². The summed E-state index contributed by atoms with van der Waals surface area (Å²) in [7, 11) is 0. The summed E-state index contributed by atoms with van der Waals surface area (Å²) in [5.74, 6) is 1.67. The van der Waals surface area contributed by atoms with Crippen molar-refractivity contribution in [2.24, 2.45) is 5.41 Å². The Kier molecular flexibility index (Phi) is 6.39. The first kappa shape index (κ1) is 17.4. The second-order valence-corrected chi connectivity index (χ2v) is 7.77. The van der Waals surface area contributed by atoms with Crippen molar-refractivity contribution in [2.75, 3.05) is 12.5 Å². The van der Waals surface area contributed by atoms with Gasteiger partial charge in [0.25, 0.3) is 0 Å². The van der Waals surface area contributed by atoms with Crippen LogP contribution >= 0.6 is 11.6 Å². The maximum Gasteiger partial charge on any atom is 0.119 e. The number of rotatable bonds is 7. The van der Waals surface area contributed by atoms with Crippen molar-refractivity contribution in [1.82, 2.24) is 0 Å². The third-order valence-electron chi connectivity index (χ3n) is 3.40. The Morgan fingerprint density at radius 2 is 1.55 bits per heavy atom. The van der Waals surface area contributed by atoms with Crippen LogP contribution in [0.2, 0.25) is 0 Å². The molecule has 1 aromatic carbocycles. The Morgan fingerprint density at radius 3 is 2.05 bits per heavy atom. The highest BCUT2D eigenvalue weighted by Crippen LogP contribution is 2.36. The number of unbranched alkanes of at least 4 members (excludes halogenated alkanes) is 1. The predicted octanol–water partition coefficient (Wildman–Crippen LogP) is 5.80. The van der Waals surface area contributed by atoms with Crippen LogP contribution in [-0.4, -0.2) is 12.5 Å². The number of ether oxygens (including phenoxy) is 1. The molecular formula is C18H29ClO. The predicted molar refractivity (Wildman–Crippen MR) is 89.0 cm³/mol. The second-order valence-electron chi connectivity index (χ2n) is 7.39. The molecule has 0 amide bonds. The molecule has 0 unspecified atom stereocenters. The minimum Gasteiger partial charge on any atom is -0.494 e. The fourth-order valence-electron chi connectivity index (χ4n) is 2.82. The molecule has 0 spiro atoms. The van der Waals surface area contributed by atoms with E-state index in [9.17, 15) is 0 Å². The first-order chi connectivity index (χ1) is 9.24. The molecule has 0 saturated carbocycles. The number of hydrogen-bond acceptors (Lipinski definition) is 1. The van der Waals surface area contributed by atoms with E-state index in [0.29, 0.717) is 11.3 Å². The van der Waals surface area contributed by atoms with Gasteiger partial charge in [-0.1, -0.05) is 46.8 Å². The minimum atomic E-state index is 0.190. The molecule has 0 heterocycles. The summed E-state index contributed by atoms with van der Waals surface area (Å²) in [6.07, 6.45) is 3.19. The Hall–Kier alpha value is -0.690. The third kappa shape index (κ3) is 6.17. The fourth-order valence-corrected chi connectivity index (χ4v) is 3.01. The molecule has 0 fully saturated rings. The Labute approximate surface area is 129 Å². The first-order valence-corrected chi connectivity index (χ1v) is 8.07. The van der Waals surface area contributed by atoms with E-state index in [4.69, 9.17) is 16.3 Å². The van der Waals surface area contributed by atoms with Gasteiger partial charge in [-0.15, -0.1) is 11.6 Å². The van der Waals surface area contributed by atoms with Crippen LogP contribution in [0, 0.1) is 5.41 Å². The van der Waals surface area contributed by atoms with Crippen LogP contribution in [0.1, 0.15) is 59.4 Å². The van der Waals surface area contributed by atoms with E-state index in [0.717, 1.165) is 31.6 Å². The van der Waals surface area contributed by atoms with Gasteiger partial charge in [0.15, 0.2) is 0 Å². The second kappa shape index (κ2) is 7.36. The van der Waals surface area contributed by atoms with Gasteiger partial charge in [0.05, 0.1) is 6.61 Å². The Balaban J connectivity index is 2.61. The molecule has 0 saturated heterocycles. The van der Waals surface area contributed by atoms with Crippen molar-refractivity contribution in [2.45, 2.75) is 59.3 Å². The quantitative estimate of drug-likeness (QED) is 0.456. The minimum absolute atomic E-state index is 0.190. The van der Waals surface area contributed by atoms with Crippen LogP contribution in [0.25, 0.3) is 0 Å². The highest BCUT2D eigenvalue weighted by atomic mass is 35.5. The van der Waals surface area contributed by atoms with E-state index >= 15 is 0 Å². The molecule has 20 heavy (non-hydrogen) atoms. The highest BCUT2D eigenvalue weighted by Gasteiger charge is 2.27. The van der Waals surface area contributed by atoms with E-state index in [-0.39, 0.29) is 5.41 Å². The molecule has 0 radical (unpaired) electrons. The summed E-state index contributed by atoms with van der Waals surface area (Å²) in [6.45, 7) is 12.3. The van der Waals surface area contributed by atoms with Crippen LogP contribution in [0.15, 0.2) is 24.3 Å². The normalized spacial score (nSPS) is 12.5. The molecule has 1 aromatic rings. The molecule has 0 aromatic heterocycles. The molecule has 0 aliphatic rings. The van der Waals surface area contributed by atoms with Gasteiger partial charge < -0.3 is 4.74 Å². The average Bonchev–Trinajstić information content (AvgIpc) is 2.32. The summed E-state index contributed by atoms with van der Waals surface area (Å²) >= 11 is 5.65. The Bertz CT molecular complexity index is 387. The molecule has 0 aliphatic heterocycles. The monoisotopic (exact) mass is 296 g/mol. The lowest BCUT2D eigenvalue weighted by Crippen LogP contribution is -2.24. The van der Waals surface area contributed by atoms with Gasteiger partial charge in [-0.3, -0.25) is 0 Å². The average molecular weight is 297 g/mol. The van der Waals surface area contributed by atoms with E-state index < -0.39 is 0 Å². The van der Waals surface area contributed by atoms with E-state index in [2.05, 4.69) is 58.9 Å². The van der Waals surface area contributed by atoms with Crippen molar-refractivity contribution in [3.05, 3.63) is 29.8 Å². The summed E-state index contributed by atoms with van der Waals surface area (Å²) < 4.78 is 5.72. The van der Waals surface area contributed by atoms with Crippen LogP contribution in [0.3, 0.4) is 0 Å². The summed E-state index contributed by atoms with van der Waals surface area (Å²) in [5, 5.41) is 0. The number of hydrogen-bond donors (Lipinski definition) is 0. The lowest BCUT2D eigenvalue weighted by Gasteiger charge is -2.33. The van der Waals surface area contributed by atoms with Crippen LogP contribution in [0.4, 0.5) is 0 Å². The molecule has 0 atom stereocenters. The highest BCUT2D eigenvalue weighted by molar-refractivity contribution is 6.17. The maximum absolute atomic E-state index is 5.72. The fraction of sp³-hybridized carbons (Fsp3) is 0.667. The summed E-state index contributed by atoms with van der Waals surface area (Å²) in [6, 6.07) is 8.56. The molecule has 1 nitrogen and oxygen atoms in total. The van der Waals surface area contributed by atoms with E-state index in [1.165, 1.54) is 5.56 Å². The number of benzene rings is 1. The smallest absolute Gasteiger partial charge is 0.119 e. The standard InChI is InChI=1S/C18H29ClO/c1-17(2,3)14-18(4,5)15-8-10-16(11-9-15)20-13-7-6-12-19/h8-11H,6-7,12-14H2,1-5H3. The number of alkyl halides is 1. The van der Waals surface area contributed by atoms with Gasteiger partial charge in [-0.2, -0.15) is 0 Å². The zero-order chi connectivity index (χ0) is 15.2. The van der Waals surface area contributed by atoms with Gasteiger partial charge >= 0.3 is 0 Å². The molecule has 0 bridgehead atoms. The van der Waals surface area contributed by atoms with Gasteiger partial charge in [0.1, 0.15) is 5.75 Å². The summed E-state index contributed by atoms with van der Waals surface area (Å²) in [4.78, 5) is 0. The van der Waals surface area contributed by atoms with Crippen molar-refractivity contribution < 1.29 is 4.74 Å². The van der Waals surface area contributed by atoms with Crippen LogP contribution < -0.4 is 4.74 Å². The molecule has 0 aliphatic carbocycles. The largest absolute Gasteiger partial charge is 0.494 e. The van der Waals surface area contributed by atoms with Gasteiger partial charge in [0, 0.05) is 5.88 Å². The molecule has 1 rings (SSSR count). The van der Waals surface area contributed by atoms with E-state index in [1.54, 1.807) is 0 Å². The van der Waals surface area contributed by atoms with Crippen molar-refractivity contribution >= 4 is 11.6 Å². The molecule has 114 valence electrons. The van der Waals surface area contributed by atoms with Crippen molar-refractivity contribution in [3.63, 3.8) is 0 Å². The lowest BCUT2D eigenvalue weighted by molar-refractivity contribution is 0.283. The SMILES string of the molecule is CC(C)(C)CC(C)(C)c1ccc(OCCCCCl)cc1. The van der Waals surface area contributed by atoms with Crippen molar-refractivity contribution in [1.29, 1.82) is 0 Å². The van der Waals surface area contributed by atoms with Crippen molar-refractivity contribution in [3.8, 4) is 5.75 Å². The van der Waals surface area contributed by atoms with Crippen LogP contribution in [-0.2, 0) is 5.41 Å². The Morgan fingerprint density at radius 1 is 0.950 bits per heavy atom. The first-order valence-electron chi connectivity index (χ1n) is 7.54. The maximum atomic E-state index is 5.72. The molecule has 0 N–H and O–H groups in total. The van der Waals surface area contributed by atoms with Gasteiger partial charge in [-0.05, 0) is 47.8 Å². The topological polar surface area (TPSA) is 9.23 Å². The van der Waals surface area contributed by atoms with Gasteiger partial charge in [-0.25, -0.2) is 0 Å². The zero-order valence-electron chi connectivity index (χ0n) is 13.6. The van der Waals surface area contributed by atoms with Gasteiger partial charge in [0.2, 0.25) is 0 Å². The van der Waals surface area contributed by atoms with E-state index in [1.807, 2.05) is 0 Å². The third-order valence-corrected chi connectivity index (χ3v) is 3.67. The molecular weight excluding hydrogens is 268 g/mol. The molecule has 2 heteroatoms. The lowest BCUT2D eigenvalue weighted by atomic mass is 9.72.